The van der Waals surface area contributed by atoms with Gasteiger partial charge >= 0.3 is 0 Å². The summed E-state index contributed by atoms with van der Waals surface area (Å²) in [7, 11) is 0. The van der Waals surface area contributed by atoms with Crippen LogP contribution in [-0.2, 0) is 16.0 Å². The molecule has 1 amide bonds. The SMILES string of the molecule is Cl.Cl.O=C(CC1COCCN1)NCCc1cn2ccccc2n1. The van der Waals surface area contributed by atoms with Crippen molar-refractivity contribution in [2.45, 2.75) is 18.9 Å². The van der Waals surface area contributed by atoms with Crippen LogP contribution in [0.4, 0.5) is 0 Å². The Bertz CT molecular complexity index is 581. The van der Waals surface area contributed by atoms with Gasteiger partial charge in [0.25, 0.3) is 0 Å². The van der Waals surface area contributed by atoms with Crippen LogP contribution in [0.2, 0.25) is 0 Å². The molecule has 0 spiro atoms. The molecule has 3 heterocycles. The molecule has 128 valence electrons. The van der Waals surface area contributed by atoms with Crippen LogP contribution in [0.15, 0.2) is 30.6 Å². The van der Waals surface area contributed by atoms with Gasteiger partial charge in [-0.05, 0) is 12.1 Å². The summed E-state index contributed by atoms with van der Waals surface area (Å²) in [5.74, 6) is 0.0572. The van der Waals surface area contributed by atoms with Gasteiger partial charge in [-0.15, -0.1) is 24.8 Å². The number of fused-ring (bicyclic) bond motifs is 1. The van der Waals surface area contributed by atoms with Crippen LogP contribution < -0.4 is 10.6 Å². The first-order valence-corrected chi connectivity index (χ1v) is 7.32. The molecule has 2 aromatic heterocycles. The first-order valence-electron chi connectivity index (χ1n) is 7.32. The Labute approximate surface area is 147 Å². The lowest BCUT2D eigenvalue weighted by atomic mass is 10.2. The van der Waals surface area contributed by atoms with Gasteiger partial charge in [-0.3, -0.25) is 4.79 Å². The fourth-order valence-electron chi connectivity index (χ4n) is 2.48. The Morgan fingerprint density at radius 3 is 3.04 bits per heavy atom. The average molecular weight is 361 g/mol. The molecule has 0 saturated carbocycles. The molecule has 1 aliphatic rings. The van der Waals surface area contributed by atoms with Gasteiger partial charge in [0, 0.05) is 44.4 Å². The summed E-state index contributed by atoms with van der Waals surface area (Å²) in [6.45, 7) is 2.77. The van der Waals surface area contributed by atoms with E-state index in [-0.39, 0.29) is 36.8 Å². The quantitative estimate of drug-likeness (QED) is 0.840. The van der Waals surface area contributed by atoms with Gasteiger partial charge < -0.3 is 19.8 Å². The molecule has 2 aromatic rings. The Kier molecular flexibility index (Phi) is 8.33. The zero-order valence-electron chi connectivity index (χ0n) is 12.7. The first-order chi connectivity index (χ1) is 10.3. The van der Waals surface area contributed by atoms with Gasteiger partial charge in [0.05, 0.1) is 18.9 Å². The largest absolute Gasteiger partial charge is 0.378 e. The highest BCUT2D eigenvalue weighted by Crippen LogP contribution is 2.04. The zero-order chi connectivity index (χ0) is 14.5. The van der Waals surface area contributed by atoms with E-state index in [0.717, 1.165) is 30.9 Å². The standard InChI is InChI=1S/C15H20N4O2.2ClH/c20-15(9-13-11-21-8-6-16-13)17-5-4-12-10-19-7-2-1-3-14(19)18-12;;/h1-3,7,10,13,16H,4-6,8-9,11H2,(H,17,20);2*1H. The second kappa shape index (κ2) is 9.72. The highest BCUT2D eigenvalue weighted by atomic mass is 35.5. The number of halogens is 2. The van der Waals surface area contributed by atoms with Crippen LogP contribution in [0.3, 0.4) is 0 Å². The summed E-state index contributed by atoms with van der Waals surface area (Å²) in [6.07, 6.45) is 5.17. The number of rotatable bonds is 5. The summed E-state index contributed by atoms with van der Waals surface area (Å²) in [5.41, 5.74) is 1.92. The molecule has 0 bridgehead atoms. The van der Waals surface area contributed by atoms with Crippen molar-refractivity contribution in [2.24, 2.45) is 0 Å². The number of aromatic nitrogens is 2. The third kappa shape index (κ3) is 5.66. The number of amides is 1. The third-order valence-electron chi connectivity index (χ3n) is 3.55. The molecule has 1 unspecified atom stereocenters. The highest BCUT2D eigenvalue weighted by molar-refractivity contribution is 5.85. The fraction of sp³-hybridized carbons (Fsp3) is 0.467. The number of carbonyl (C=O) groups is 1. The number of pyridine rings is 1. The van der Waals surface area contributed by atoms with E-state index in [1.807, 2.05) is 35.0 Å². The van der Waals surface area contributed by atoms with Crippen LogP contribution in [0.5, 0.6) is 0 Å². The van der Waals surface area contributed by atoms with Gasteiger partial charge in [0.15, 0.2) is 0 Å². The molecule has 3 rings (SSSR count). The molecule has 8 heteroatoms. The van der Waals surface area contributed by atoms with E-state index in [2.05, 4.69) is 15.6 Å². The maximum atomic E-state index is 11.8. The minimum absolute atomic E-state index is 0. The Balaban J connectivity index is 0.00000132. The van der Waals surface area contributed by atoms with Crippen molar-refractivity contribution in [3.05, 3.63) is 36.3 Å². The molecular weight excluding hydrogens is 339 g/mol. The minimum Gasteiger partial charge on any atom is -0.378 e. The number of hydrogen-bond donors (Lipinski definition) is 2. The zero-order valence-corrected chi connectivity index (χ0v) is 14.4. The number of hydrogen-bond acceptors (Lipinski definition) is 4. The normalized spacial score (nSPS) is 17.1. The number of morpholine rings is 1. The monoisotopic (exact) mass is 360 g/mol. The second-order valence-electron chi connectivity index (χ2n) is 5.23. The molecule has 2 N–H and O–H groups in total. The van der Waals surface area contributed by atoms with E-state index >= 15 is 0 Å². The maximum absolute atomic E-state index is 11.8. The lowest BCUT2D eigenvalue weighted by Crippen LogP contribution is -2.44. The maximum Gasteiger partial charge on any atom is 0.221 e. The number of nitrogens with zero attached hydrogens (tertiary/aromatic N) is 2. The third-order valence-corrected chi connectivity index (χ3v) is 3.55. The van der Waals surface area contributed by atoms with Gasteiger partial charge in [-0.2, -0.15) is 0 Å². The van der Waals surface area contributed by atoms with Crippen molar-refractivity contribution in [3.63, 3.8) is 0 Å². The van der Waals surface area contributed by atoms with Crippen molar-refractivity contribution >= 4 is 36.4 Å². The molecule has 1 saturated heterocycles. The summed E-state index contributed by atoms with van der Waals surface area (Å²) in [6, 6.07) is 6.04. The van der Waals surface area contributed by atoms with Crippen molar-refractivity contribution in [2.75, 3.05) is 26.3 Å². The van der Waals surface area contributed by atoms with E-state index in [1.165, 1.54) is 0 Å². The molecule has 1 fully saturated rings. The van der Waals surface area contributed by atoms with Crippen LogP contribution in [0, 0.1) is 0 Å². The van der Waals surface area contributed by atoms with Crippen LogP contribution in [0.1, 0.15) is 12.1 Å². The number of ether oxygens (including phenoxy) is 1. The predicted molar refractivity (Wildman–Crippen MR) is 93.6 cm³/mol. The Hall–Kier alpha value is -1.34. The van der Waals surface area contributed by atoms with Gasteiger partial charge in [0.1, 0.15) is 5.65 Å². The van der Waals surface area contributed by atoms with Crippen LogP contribution in [-0.4, -0.2) is 47.6 Å². The Morgan fingerprint density at radius 1 is 1.43 bits per heavy atom. The van der Waals surface area contributed by atoms with Crippen molar-refractivity contribution in [3.8, 4) is 0 Å². The topological polar surface area (TPSA) is 67.7 Å². The molecule has 0 aromatic carbocycles. The van der Waals surface area contributed by atoms with E-state index in [0.29, 0.717) is 19.6 Å². The molecule has 1 aliphatic heterocycles. The smallest absolute Gasteiger partial charge is 0.221 e. The Morgan fingerprint density at radius 2 is 2.30 bits per heavy atom. The van der Waals surface area contributed by atoms with Crippen LogP contribution in [0.25, 0.3) is 5.65 Å². The van der Waals surface area contributed by atoms with E-state index < -0.39 is 0 Å². The predicted octanol–water partition coefficient (Wildman–Crippen LogP) is 1.22. The lowest BCUT2D eigenvalue weighted by molar-refractivity contribution is -0.122. The number of carbonyl (C=O) groups excluding carboxylic acids is 1. The van der Waals surface area contributed by atoms with Gasteiger partial charge in [0.2, 0.25) is 5.91 Å². The fourth-order valence-corrected chi connectivity index (χ4v) is 2.48. The molecule has 0 aliphatic carbocycles. The van der Waals surface area contributed by atoms with Crippen molar-refractivity contribution in [1.82, 2.24) is 20.0 Å². The summed E-state index contributed by atoms with van der Waals surface area (Å²) >= 11 is 0. The molecule has 1 atom stereocenters. The molecular formula is C15H22Cl2N4O2. The summed E-state index contributed by atoms with van der Waals surface area (Å²) in [5, 5.41) is 6.21. The van der Waals surface area contributed by atoms with Crippen molar-refractivity contribution < 1.29 is 9.53 Å². The summed E-state index contributed by atoms with van der Waals surface area (Å²) in [4.78, 5) is 16.3. The minimum atomic E-state index is 0. The second-order valence-corrected chi connectivity index (χ2v) is 5.23. The molecule has 23 heavy (non-hydrogen) atoms. The average Bonchev–Trinajstić information content (AvgIpc) is 2.91. The van der Waals surface area contributed by atoms with E-state index in [1.54, 1.807) is 0 Å². The number of nitrogens with one attached hydrogen (secondary N) is 2. The summed E-state index contributed by atoms with van der Waals surface area (Å²) < 4.78 is 7.32. The molecule has 6 nitrogen and oxygen atoms in total. The lowest BCUT2D eigenvalue weighted by Gasteiger charge is -2.23. The van der Waals surface area contributed by atoms with E-state index in [9.17, 15) is 4.79 Å². The van der Waals surface area contributed by atoms with Crippen LogP contribution >= 0.6 is 24.8 Å². The van der Waals surface area contributed by atoms with Crippen molar-refractivity contribution in [1.29, 1.82) is 0 Å². The molecule has 0 radical (unpaired) electrons. The van der Waals surface area contributed by atoms with Gasteiger partial charge in [-0.25, -0.2) is 4.98 Å². The number of imidazole rings is 1. The highest BCUT2D eigenvalue weighted by Gasteiger charge is 2.16. The first kappa shape index (κ1) is 19.7. The van der Waals surface area contributed by atoms with Gasteiger partial charge in [-0.1, -0.05) is 6.07 Å². The van der Waals surface area contributed by atoms with E-state index in [4.69, 9.17) is 4.74 Å².